The van der Waals surface area contributed by atoms with E-state index in [1.54, 1.807) is 7.11 Å². The van der Waals surface area contributed by atoms with Gasteiger partial charge in [0.25, 0.3) is 0 Å². The van der Waals surface area contributed by atoms with Gasteiger partial charge in [-0.05, 0) is 36.8 Å². The summed E-state index contributed by atoms with van der Waals surface area (Å²) in [5.74, 6) is -0.163. The molecule has 1 saturated carbocycles. The van der Waals surface area contributed by atoms with Crippen LogP contribution in [-0.4, -0.2) is 29.6 Å². The fourth-order valence-corrected chi connectivity index (χ4v) is 3.50. The molecule has 132 valence electrons. The second kappa shape index (κ2) is 8.18. The van der Waals surface area contributed by atoms with Crippen LogP contribution in [0, 0.1) is 5.92 Å². The topological polar surface area (TPSA) is 75.6 Å². The Labute approximate surface area is 143 Å². The molecule has 1 unspecified atom stereocenters. The minimum atomic E-state index is -1.07. The summed E-state index contributed by atoms with van der Waals surface area (Å²) in [4.78, 5) is 24.0. The van der Waals surface area contributed by atoms with Gasteiger partial charge in [0.05, 0.1) is 7.11 Å². The molecule has 5 heteroatoms. The van der Waals surface area contributed by atoms with Crippen LogP contribution < -0.4 is 10.1 Å². The molecule has 0 aromatic heterocycles. The molecule has 0 spiro atoms. The third kappa shape index (κ3) is 4.49. The summed E-state index contributed by atoms with van der Waals surface area (Å²) in [5.41, 5.74) is -0.00892. The Morgan fingerprint density at radius 1 is 1.25 bits per heavy atom. The van der Waals surface area contributed by atoms with E-state index in [0.29, 0.717) is 19.3 Å². The molecule has 2 rings (SSSR count). The van der Waals surface area contributed by atoms with Crippen LogP contribution in [0.4, 0.5) is 0 Å². The first-order valence-electron chi connectivity index (χ1n) is 8.63. The molecular weight excluding hydrogens is 306 g/mol. The molecule has 1 amide bonds. The van der Waals surface area contributed by atoms with Gasteiger partial charge in [0, 0.05) is 6.42 Å². The standard InChI is InChI=1S/C19H27NO4/c1-14(12-15-8-4-5-9-16(15)24-2)13-17(21)20-19(18(22)23)10-6-3-7-11-19/h4-5,8-9,14H,3,6-7,10-13H2,1-2H3,(H,20,21)(H,22,23). The summed E-state index contributed by atoms with van der Waals surface area (Å²) in [5, 5.41) is 12.4. The molecule has 24 heavy (non-hydrogen) atoms. The first kappa shape index (κ1) is 18.3. The second-order valence-electron chi connectivity index (χ2n) is 6.82. The molecule has 5 nitrogen and oxygen atoms in total. The van der Waals surface area contributed by atoms with Gasteiger partial charge < -0.3 is 15.2 Å². The average molecular weight is 333 g/mol. The van der Waals surface area contributed by atoms with Crippen LogP contribution in [-0.2, 0) is 16.0 Å². The van der Waals surface area contributed by atoms with E-state index >= 15 is 0 Å². The molecule has 0 heterocycles. The van der Waals surface area contributed by atoms with Crippen LogP contribution in [0.5, 0.6) is 5.75 Å². The van der Waals surface area contributed by atoms with Gasteiger partial charge in [-0.2, -0.15) is 0 Å². The number of amides is 1. The Kier molecular flexibility index (Phi) is 6.23. The molecule has 1 aliphatic carbocycles. The Morgan fingerprint density at radius 3 is 2.54 bits per heavy atom. The van der Waals surface area contributed by atoms with E-state index < -0.39 is 11.5 Å². The van der Waals surface area contributed by atoms with Crippen LogP contribution in [0.25, 0.3) is 0 Å². The fourth-order valence-electron chi connectivity index (χ4n) is 3.50. The number of carbonyl (C=O) groups is 2. The molecular formula is C19H27NO4. The lowest BCUT2D eigenvalue weighted by molar-refractivity contribution is -0.149. The summed E-state index contributed by atoms with van der Waals surface area (Å²) >= 11 is 0. The number of methoxy groups -OCH3 is 1. The average Bonchev–Trinajstić information content (AvgIpc) is 2.55. The number of carbonyl (C=O) groups excluding carboxylic acids is 1. The predicted octanol–water partition coefficient (Wildman–Crippen LogP) is 3.17. The Balaban J connectivity index is 1.94. The van der Waals surface area contributed by atoms with Gasteiger partial charge >= 0.3 is 5.97 Å². The smallest absolute Gasteiger partial charge is 0.329 e. The molecule has 1 aromatic rings. The van der Waals surface area contributed by atoms with Gasteiger partial charge in [-0.1, -0.05) is 44.4 Å². The maximum Gasteiger partial charge on any atom is 0.329 e. The highest BCUT2D eigenvalue weighted by atomic mass is 16.5. The number of hydrogen-bond acceptors (Lipinski definition) is 3. The SMILES string of the molecule is COc1ccccc1CC(C)CC(=O)NC1(C(=O)O)CCCCC1. The van der Waals surface area contributed by atoms with Crippen molar-refractivity contribution in [2.75, 3.05) is 7.11 Å². The van der Waals surface area contributed by atoms with Gasteiger partial charge in [-0.15, -0.1) is 0 Å². The van der Waals surface area contributed by atoms with Crippen molar-refractivity contribution in [1.82, 2.24) is 5.32 Å². The van der Waals surface area contributed by atoms with Crippen LogP contribution in [0.2, 0.25) is 0 Å². The largest absolute Gasteiger partial charge is 0.496 e. The van der Waals surface area contributed by atoms with Gasteiger partial charge in [0.15, 0.2) is 0 Å². The van der Waals surface area contributed by atoms with E-state index in [0.717, 1.165) is 37.0 Å². The zero-order valence-electron chi connectivity index (χ0n) is 14.5. The van der Waals surface area contributed by atoms with Crippen molar-refractivity contribution in [2.45, 2.75) is 57.4 Å². The first-order chi connectivity index (χ1) is 11.5. The van der Waals surface area contributed by atoms with E-state index in [1.165, 1.54) is 0 Å². The van der Waals surface area contributed by atoms with Gasteiger partial charge in [0.1, 0.15) is 11.3 Å². The third-order valence-electron chi connectivity index (χ3n) is 4.79. The minimum Gasteiger partial charge on any atom is -0.496 e. The van der Waals surface area contributed by atoms with Crippen LogP contribution in [0.1, 0.15) is 51.0 Å². The molecule has 0 bridgehead atoms. The number of hydrogen-bond donors (Lipinski definition) is 2. The van der Waals surface area contributed by atoms with E-state index in [9.17, 15) is 14.7 Å². The van der Waals surface area contributed by atoms with Crippen molar-refractivity contribution in [1.29, 1.82) is 0 Å². The Hall–Kier alpha value is -2.04. The van der Waals surface area contributed by atoms with E-state index in [4.69, 9.17) is 4.74 Å². The predicted molar refractivity (Wildman–Crippen MR) is 92.1 cm³/mol. The van der Waals surface area contributed by atoms with Crippen molar-refractivity contribution in [3.05, 3.63) is 29.8 Å². The lowest BCUT2D eigenvalue weighted by Crippen LogP contribution is -2.55. The highest BCUT2D eigenvalue weighted by Gasteiger charge is 2.40. The van der Waals surface area contributed by atoms with Crippen molar-refractivity contribution < 1.29 is 19.4 Å². The van der Waals surface area contributed by atoms with Crippen molar-refractivity contribution in [3.63, 3.8) is 0 Å². The fraction of sp³-hybridized carbons (Fsp3) is 0.579. The first-order valence-corrected chi connectivity index (χ1v) is 8.63. The summed E-state index contributed by atoms with van der Waals surface area (Å²) in [6.07, 6.45) is 4.82. The zero-order chi connectivity index (χ0) is 17.6. The number of nitrogens with one attached hydrogen (secondary N) is 1. The lowest BCUT2D eigenvalue weighted by atomic mass is 9.81. The summed E-state index contributed by atoms with van der Waals surface area (Å²) in [7, 11) is 1.63. The molecule has 1 aromatic carbocycles. The molecule has 1 aliphatic rings. The van der Waals surface area contributed by atoms with Crippen molar-refractivity contribution in [2.24, 2.45) is 5.92 Å². The number of para-hydroxylation sites is 1. The third-order valence-corrected chi connectivity index (χ3v) is 4.79. The molecule has 2 N–H and O–H groups in total. The second-order valence-corrected chi connectivity index (χ2v) is 6.82. The molecule has 1 fully saturated rings. The monoisotopic (exact) mass is 333 g/mol. The summed E-state index contributed by atoms with van der Waals surface area (Å²) in [6.45, 7) is 2.00. The van der Waals surface area contributed by atoms with Gasteiger partial charge in [-0.3, -0.25) is 4.79 Å². The van der Waals surface area contributed by atoms with E-state index in [2.05, 4.69) is 5.32 Å². The maximum atomic E-state index is 12.4. The molecule has 0 aliphatic heterocycles. The lowest BCUT2D eigenvalue weighted by Gasteiger charge is -2.34. The summed E-state index contributed by atoms with van der Waals surface area (Å²) in [6, 6.07) is 7.77. The van der Waals surface area contributed by atoms with E-state index in [-0.39, 0.29) is 11.8 Å². The van der Waals surface area contributed by atoms with E-state index in [1.807, 2.05) is 31.2 Å². The highest BCUT2D eigenvalue weighted by molar-refractivity contribution is 5.87. The van der Waals surface area contributed by atoms with Crippen molar-refractivity contribution >= 4 is 11.9 Å². The van der Waals surface area contributed by atoms with Crippen LogP contribution in [0.15, 0.2) is 24.3 Å². The summed E-state index contributed by atoms with van der Waals surface area (Å²) < 4.78 is 5.34. The Morgan fingerprint density at radius 2 is 1.92 bits per heavy atom. The van der Waals surface area contributed by atoms with Crippen LogP contribution in [0.3, 0.4) is 0 Å². The van der Waals surface area contributed by atoms with Gasteiger partial charge in [0.2, 0.25) is 5.91 Å². The number of carboxylic acids is 1. The van der Waals surface area contributed by atoms with Gasteiger partial charge in [-0.25, -0.2) is 4.79 Å². The molecule has 0 saturated heterocycles. The number of benzene rings is 1. The highest BCUT2D eigenvalue weighted by Crippen LogP contribution is 2.29. The number of rotatable bonds is 7. The number of ether oxygens (including phenoxy) is 1. The van der Waals surface area contributed by atoms with Crippen LogP contribution >= 0.6 is 0 Å². The molecule has 1 atom stereocenters. The molecule has 0 radical (unpaired) electrons. The number of carboxylic acid groups (broad SMARTS) is 1. The number of aliphatic carboxylic acids is 1. The zero-order valence-corrected chi connectivity index (χ0v) is 14.5. The maximum absolute atomic E-state index is 12.4. The normalized spacial score (nSPS) is 17.8. The van der Waals surface area contributed by atoms with Crippen molar-refractivity contribution in [3.8, 4) is 5.75 Å². The minimum absolute atomic E-state index is 0.107. The Bertz CT molecular complexity index is 578. The quantitative estimate of drug-likeness (QED) is 0.803.